The third kappa shape index (κ3) is 12.4. The monoisotopic (exact) mass is 561 g/mol. The third-order valence-electron chi connectivity index (χ3n) is 4.61. The van der Waals surface area contributed by atoms with E-state index in [2.05, 4.69) is 50.1 Å². The van der Waals surface area contributed by atoms with E-state index in [4.69, 9.17) is 9.47 Å². The number of nitrogens with one attached hydrogen (secondary N) is 3. The van der Waals surface area contributed by atoms with Gasteiger partial charge in [0, 0.05) is 39.3 Å². The van der Waals surface area contributed by atoms with Crippen molar-refractivity contribution >= 4 is 36.0 Å². The van der Waals surface area contributed by atoms with Gasteiger partial charge in [-0.1, -0.05) is 24.3 Å². The molecule has 1 amide bonds. The SMILES string of the molecule is CCNC(=NCc1ccc(CN2CCOCC2)cc1)NCCCNC(=O)OC(C)(C)C.I. The summed E-state index contributed by atoms with van der Waals surface area (Å²) in [5.41, 5.74) is 2.01. The maximum atomic E-state index is 11.7. The van der Waals surface area contributed by atoms with Crippen molar-refractivity contribution in [3.8, 4) is 0 Å². The first-order chi connectivity index (χ1) is 14.9. The van der Waals surface area contributed by atoms with E-state index in [-0.39, 0.29) is 30.1 Å². The van der Waals surface area contributed by atoms with Gasteiger partial charge in [0.2, 0.25) is 0 Å². The van der Waals surface area contributed by atoms with Crippen molar-refractivity contribution in [3.63, 3.8) is 0 Å². The molecular formula is C23H40IN5O3. The Morgan fingerprint density at radius 3 is 2.31 bits per heavy atom. The molecule has 0 atom stereocenters. The van der Waals surface area contributed by atoms with E-state index >= 15 is 0 Å². The summed E-state index contributed by atoms with van der Waals surface area (Å²) < 4.78 is 10.6. The molecule has 8 nitrogen and oxygen atoms in total. The predicted molar refractivity (Wildman–Crippen MR) is 140 cm³/mol. The molecule has 0 spiro atoms. The lowest BCUT2D eigenvalue weighted by molar-refractivity contribution is 0.0342. The Hall–Kier alpha value is -1.59. The van der Waals surface area contributed by atoms with Crippen LogP contribution in [0.1, 0.15) is 45.2 Å². The molecule has 1 fully saturated rings. The summed E-state index contributed by atoms with van der Waals surface area (Å²) in [7, 11) is 0. The molecule has 1 saturated heterocycles. The highest BCUT2D eigenvalue weighted by Gasteiger charge is 2.15. The van der Waals surface area contributed by atoms with Crippen molar-refractivity contribution in [2.75, 3.05) is 45.9 Å². The van der Waals surface area contributed by atoms with Crippen molar-refractivity contribution in [2.24, 2.45) is 4.99 Å². The largest absolute Gasteiger partial charge is 0.444 e. The van der Waals surface area contributed by atoms with E-state index in [1.54, 1.807) is 0 Å². The van der Waals surface area contributed by atoms with Gasteiger partial charge in [-0.15, -0.1) is 24.0 Å². The molecule has 3 N–H and O–H groups in total. The Kier molecular flexibility index (Phi) is 13.6. The Morgan fingerprint density at radius 2 is 1.69 bits per heavy atom. The predicted octanol–water partition coefficient (Wildman–Crippen LogP) is 3.11. The quantitative estimate of drug-likeness (QED) is 0.186. The summed E-state index contributed by atoms with van der Waals surface area (Å²) >= 11 is 0. The first-order valence-electron chi connectivity index (χ1n) is 11.2. The van der Waals surface area contributed by atoms with E-state index in [0.717, 1.165) is 51.8 Å². The second-order valence-corrected chi connectivity index (χ2v) is 8.61. The third-order valence-corrected chi connectivity index (χ3v) is 4.61. The number of halogens is 1. The second kappa shape index (κ2) is 15.3. The first kappa shape index (κ1) is 28.4. The number of benzene rings is 1. The average Bonchev–Trinajstić information content (AvgIpc) is 2.72. The van der Waals surface area contributed by atoms with Gasteiger partial charge >= 0.3 is 6.09 Å². The fourth-order valence-corrected chi connectivity index (χ4v) is 3.08. The van der Waals surface area contributed by atoms with Gasteiger partial charge < -0.3 is 25.4 Å². The molecule has 0 aliphatic carbocycles. The molecule has 1 aliphatic rings. The standard InChI is InChI=1S/C23H39N5O3.HI/c1-5-24-21(25-11-6-12-26-22(29)31-23(2,3)4)27-17-19-7-9-20(10-8-19)18-28-13-15-30-16-14-28;/h7-10H,5-6,11-18H2,1-4H3,(H,26,29)(H2,24,25,27);1H. The number of guanidine groups is 1. The van der Waals surface area contributed by atoms with E-state index < -0.39 is 5.60 Å². The van der Waals surface area contributed by atoms with Gasteiger partial charge in [0.05, 0.1) is 19.8 Å². The molecule has 0 bridgehead atoms. The van der Waals surface area contributed by atoms with Crippen LogP contribution < -0.4 is 16.0 Å². The first-order valence-corrected chi connectivity index (χ1v) is 11.2. The number of hydrogen-bond acceptors (Lipinski definition) is 5. The van der Waals surface area contributed by atoms with Crippen LogP contribution in [0, 0.1) is 0 Å². The summed E-state index contributed by atoms with van der Waals surface area (Å²) in [6.07, 6.45) is 0.394. The Balaban J connectivity index is 0.00000512. The van der Waals surface area contributed by atoms with E-state index in [1.165, 1.54) is 11.1 Å². The lowest BCUT2D eigenvalue weighted by Gasteiger charge is -2.26. The summed E-state index contributed by atoms with van der Waals surface area (Å²) in [4.78, 5) is 18.7. The summed E-state index contributed by atoms with van der Waals surface area (Å²) in [5, 5.41) is 9.33. The zero-order valence-corrected chi connectivity index (χ0v) is 22.2. The van der Waals surface area contributed by atoms with Gasteiger partial charge in [-0.05, 0) is 45.2 Å². The van der Waals surface area contributed by atoms with Gasteiger partial charge in [0.25, 0.3) is 0 Å². The molecule has 9 heteroatoms. The maximum Gasteiger partial charge on any atom is 0.407 e. The van der Waals surface area contributed by atoms with Gasteiger partial charge in [-0.25, -0.2) is 9.79 Å². The number of hydrogen-bond donors (Lipinski definition) is 3. The smallest absolute Gasteiger partial charge is 0.407 e. The van der Waals surface area contributed by atoms with Crippen LogP contribution in [0.4, 0.5) is 4.79 Å². The summed E-state index contributed by atoms with van der Waals surface area (Å²) in [5.74, 6) is 0.775. The van der Waals surface area contributed by atoms with Crippen LogP contribution in [0.15, 0.2) is 29.3 Å². The number of carbonyl (C=O) groups is 1. The van der Waals surface area contributed by atoms with Crippen LogP contribution in [-0.4, -0.2) is 68.5 Å². The number of aliphatic imine (C=N–C) groups is 1. The molecule has 1 aromatic carbocycles. The second-order valence-electron chi connectivity index (χ2n) is 8.61. The molecule has 1 heterocycles. The van der Waals surface area contributed by atoms with Crippen LogP contribution in [0.2, 0.25) is 0 Å². The number of rotatable bonds is 9. The fraction of sp³-hybridized carbons (Fsp3) is 0.652. The average molecular weight is 562 g/mol. The topological polar surface area (TPSA) is 87.2 Å². The number of amides is 1. The van der Waals surface area contributed by atoms with Gasteiger partial charge in [-0.3, -0.25) is 4.90 Å². The number of morpholine rings is 1. The van der Waals surface area contributed by atoms with Crippen molar-refractivity contribution < 1.29 is 14.3 Å². The van der Waals surface area contributed by atoms with Crippen LogP contribution in [0.3, 0.4) is 0 Å². The van der Waals surface area contributed by atoms with Crippen LogP contribution in [0.5, 0.6) is 0 Å². The number of alkyl carbamates (subject to hydrolysis) is 1. The molecule has 0 radical (unpaired) electrons. The van der Waals surface area contributed by atoms with E-state index in [0.29, 0.717) is 19.6 Å². The number of nitrogens with zero attached hydrogens (tertiary/aromatic N) is 2. The fourth-order valence-electron chi connectivity index (χ4n) is 3.08. The summed E-state index contributed by atoms with van der Waals surface area (Å²) in [6.45, 7) is 14.9. The van der Waals surface area contributed by atoms with Crippen LogP contribution in [0.25, 0.3) is 0 Å². The molecule has 2 rings (SSSR count). The van der Waals surface area contributed by atoms with E-state index in [9.17, 15) is 4.79 Å². The highest BCUT2D eigenvalue weighted by Crippen LogP contribution is 2.10. The normalized spacial score (nSPS) is 14.9. The molecule has 0 unspecified atom stereocenters. The molecule has 0 aromatic heterocycles. The Bertz CT molecular complexity index is 686. The van der Waals surface area contributed by atoms with Crippen LogP contribution in [-0.2, 0) is 22.6 Å². The molecule has 1 aromatic rings. The highest BCUT2D eigenvalue weighted by molar-refractivity contribution is 14.0. The zero-order chi connectivity index (χ0) is 22.5. The zero-order valence-electron chi connectivity index (χ0n) is 19.9. The molecule has 1 aliphatic heterocycles. The maximum absolute atomic E-state index is 11.7. The number of carbonyl (C=O) groups excluding carboxylic acids is 1. The molecular weight excluding hydrogens is 521 g/mol. The van der Waals surface area contributed by atoms with Crippen molar-refractivity contribution in [1.82, 2.24) is 20.9 Å². The van der Waals surface area contributed by atoms with Crippen LogP contribution >= 0.6 is 24.0 Å². The Morgan fingerprint density at radius 1 is 1.06 bits per heavy atom. The van der Waals surface area contributed by atoms with Crippen molar-refractivity contribution in [3.05, 3.63) is 35.4 Å². The van der Waals surface area contributed by atoms with E-state index in [1.807, 2.05) is 27.7 Å². The van der Waals surface area contributed by atoms with Gasteiger partial charge in [0.1, 0.15) is 5.60 Å². The minimum atomic E-state index is -0.478. The molecule has 32 heavy (non-hydrogen) atoms. The molecule has 0 saturated carbocycles. The van der Waals surface area contributed by atoms with Crippen molar-refractivity contribution in [2.45, 2.75) is 52.8 Å². The highest BCUT2D eigenvalue weighted by atomic mass is 127. The molecule has 182 valence electrons. The minimum absolute atomic E-state index is 0. The number of ether oxygens (including phenoxy) is 2. The lowest BCUT2D eigenvalue weighted by atomic mass is 10.1. The summed E-state index contributed by atoms with van der Waals surface area (Å²) in [6, 6.07) is 8.66. The van der Waals surface area contributed by atoms with Gasteiger partial charge in [0.15, 0.2) is 5.96 Å². The van der Waals surface area contributed by atoms with Gasteiger partial charge in [-0.2, -0.15) is 0 Å². The lowest BCUT2D eigenvalue weighted by Crippen LogP contribution is -2.39. The Labute approximate surface area is 209 Å². The minimum Gasteiger partial charge on any atom is -0.444 e. The van der Waals surface area contributed by atoms with Crippen molar-refractivity contribution in [1.29, 1.82) is 0 Å².